The van der Waals surface area contributed by atoms with Gasteiger partial charge in [0.05, 0.1) is 18.5 Å². The molecule has 1 aliphatic rings. The molecule has 1 aromatic carbocycles. The van der Waals surface area contributed by atoms with E-state index in [2.05, 4.69) is 27.4 Å². The maximum Gasteiger partial charge on any atom is 0.193 e. The lowest BCUT2D eigenvalue weighted by Crippen LogP contribution is -2.41. The number of ether oxygens (including phenoxy) is 1. The van der Waals surface area contributed by atoms with E-state index in [0.717, 1.165) is 48.4 Å². The van der Waals surface area contributed by atoms with Gasteiger partial charge >= 0.3 is 0 Å². The Labute approximate surface area is 176 Å². The predicted octanol–water partition coefficient (Wildman–Crippen LogP) is 3.19. The molecule has 0 spiro atoms. The lowest BCUT2D eigenvalue weighted by Gasteiger charge is -2.24. The van der Waals surface area contributed by atoms with Crippen molar-refractivity contribution in [2.75, 3.05) is 33.9 Å². The first-order valence-corrected chi connectivity index (χ1v) is 8.82. The van der Waals surface area contributed by atoms with Gasteiger partial charge in [-0.05, 0) is 30.7 Å². The monoisotopic (exact) mass is 489 g/mol. The number of benzene rings is 1. The Balaban J connectivity index is 0.00000243. The molecule has 8 heteroatoms. The molecule has 26 heavy (non-hydrogen) atoms. The molecule has 1 unspecified atom stereocenters. The quantitative estimate of drug-likeness (QED) is 0.398. The second-order valence-corrected chi connectivity index (χ2v) is 6.72. The molecule has 142 valence electrons. The zero-order valence-corrected chi connectivity index (χ0v) is 18.1. The molecule has 1 fully saturated rings. The minimum absolute atomic E-state index is 0. The van der Waals surface area contributed by atoms with E-state index in [4.69, 9.17) is 16.3 Å². The van der Waals surface area contributed by atoms with Crippen LogP contribution in [0.2, 0.25) is 5.02 Å². The standard InChI is InChI=1S/C18H24ClN5O.HI/c1-20-18(23(2)11-14-7-8-25-13-14)21-9-15-10-22-24(12-15)17-5-3-16(19)4-6-17;/h3-6,10,12,14H,7-9,11,13H2,1-2H3,(H,20,21);1H. The lowest BCUT2D eigenvalue weighted by atomic mass is 10.1. The fraction of sp³-hybridized carbons (Fsp3) is 0.444. The van der Waals surface area contributed by atoms with E-state index < -0.39 is 0 Å². The van der Waals surface area contributed by atoms with Crippen molar-refractivity contribution < 1.29 is 4.74 Å². The van der Waals surface area contributed by atoms with Crippen LogP contribution in [0.1, 0.15) is 12.0 Å². The Kier molecular flexibility index (Phi) is 8.17. The van der Waals surface area contributed by atoms with Gasteiger partial charge in [-0.1, -0.05) is 11.6 Å². The van der Waals surface area contributed by atoms with Crippen LogP contribution in [0.15, 0.2) is 41.7 Å². The number of hydrogen-bond acceptors (Lipinski definition) is 3. The first kappa shape index (κ1) is 21.0. The smallest absolute Gasteiger partial charge is 0.193 e. The maximum atomic E-state index is 5.93. The molecule has 2 heterocycles. The molecule has 3 rings (SSSR count). The summed E-state index contributed by atoms with van der Waals surface area (Å²) in [6.45, 7) is 3.33. The van der Waals surface area contributed by atoms with Crippen molar-refractivity contribution in [3.63, 3.8) is 0 Å². The maximum absolute atomic E-state index is 5.93. The fourth-order valence-corrected chi connectivity index (χ4v) is 3.08. The number of halogens is 2. The lowest BCUT2D eigenvalue weighted by molar-refractivity contribution is 0.181. The fourth-order valence-electron chi connectivity index (χ4n) is 2.95. The Morgan fingerprint density at radius 1 is 1.42 bits per heavy atom. The normalized spacial score (nSPS) is 17.0. The minimum atomic E-state index is 0. The summed E-state index contributed by atoms with van der Waals surface area (Å²) in [4.78, 5) is 6.52. The van der Waals surface area contributed by atoms with Crippen LogP contribution in [-0.2, 0) is 11.3 Å². The molecule has 2 aromatic rings. The first-order chi connectivity index (χ1) is 12.2. The number of nitrogens with one attached hydrogen (secondary N) is 1. The Morgan fingerprint density at radius 3 is 2.85 bits per heavy atom. The highest BCUT2D eigenvalue weighted by Gasteiger charge is 2.19. The highest BCUT2D eigenvalue weighted by molar-refractivity contribution is 14.0. The number of guanidine groups is 1. The summed E-state index contributed by atoms with van der Waals surface area (Å²) in [5, 5.41) is 8.53. The molecule has 0 bridgehead atoms. The number of aliphatic imine (C=N–C) groups is 1. The largest absolute Gasteiger partial charge is 0.381 e. The van der Waals surface area contributed by atoms with E-state index in [-0.39, 0.29) is 24.0 Å². The van der Waals surface area contributed by atoms with Crippen LogP contribution in [0, 0.1) is 5.92 Å². The van der Waals surface area contributed by atoms with E-state index in [9.17, 15) is 0 Å². The Morgan fingerprint density at radius 2 is 2.19 bits per heavy atom. The van der Waals surface area contributed by atoms with E-state index in [1.165, 1.54) is 0 Å². The van der Waals surface area contributed by atoms with Gasteiger partial charge in [0, 0.05) is 56.5 Å². The van der Waals surface area contributed by atoms with Gasteiger partial charge in [0.2, 0.25) is 0 Å². The summed E-state index contributed by atoms with van der Waals surface area (Å²) in [6.07, 6.45) is 4.99. The van der Waals surface area contributed by atoms with Crippen molar-refractivity contribution in [2.24, 2.45) is 10.9 Å². The zero-order valence-electron chi connectivity index (χ0n) is 15.1. The number of aromatic nitrogens is 2. The first-order valence-electron chi connectivity index (χ1n) is 8.44. The Hall–Kier alpha value is -1.32. The van der Waals surface area contributed by atoms with Gasteiger partial charge in [-0.25, -0.2) is 4.68 Å². The molecule has 0 radical (unpaired) electrons. The van der Waals surface area contributed by atoms with E-state index in [1.54, 1.807) is 7.05 Å². The second kappa shape index (κ2) is 10.1. The van der Waals surface area contributed by atoms with Crippen LogP contribution in [0.4, 0.5) is 0 Å². The highest BCUT2D eigenvalue weighted by atomic mass is 127. The summed E-state index contributed by atoms with van der Waals surface area (Å²) in [5.41, 5.74) is 2.08. The molecule has 0 amide bonds. The van der Waals surface area contributed by atoms with Crippen LogP contribution >= 0.6 is 35.6 Å². The van der Waals surface area contributed by atoms with Crippen molar-refractivity contribution in [2.45, 2.75) is 13.0 Å². The molecule has 1 N–H and O–H groups in total. The van der Waals surface area contributed by atoms with Crippen LogP contribution < -0.4 is 5.32 Å². The third kappa shape index (κ3) is 5.59. The zero-order chi connectivity index (χ0) is 17.6. The molecule has 0 saturated carbocycles. The molecular formula is C18H25ClIN5O. The van der Waals surface area contributed by atoms with Crippen molar-refractivity contribution in [3.8, 4) is 5.69 Å². The van der Waals surface area contributed by atoms with E-state index in [1.807, 2.05) is 41.3 Å². The van der Waals surface area contributed by atoms with Gasteiger partial charge in [-0.3, -0.25) is 4.99 Å². The number of nitrogens with zero attached hydrogens (tertiary/aromatic N) is 4. The third-order valence-electron chi connectivity index (χ3n) is 4.31. The van der Waals surface area contributed by atoms with Crippen LogP contribution in [0.5, 0.6) is 0 Å². The molecule has 1 aliphatic heterocycles. The van der Waals surface area contributed by atoms with Crippen molar-refractivity contribution in [1.82, 2.24) is 20.0 Å². The topological polar surface area (TPSA) is 54.7 Å². The average molecular weight is 490 g/mol. The molecular weight excluding hydrogens is 465 g/mol. The highest BCUT2D eigenvalue weighted by Crippen LogP contribution is 2.14. The molecule has 6 nitrogen and oxygen atoms in total. The van der Waals surface area contributed by atoms with Crippen molar-refractivity contribution >= 4 is 41.5 Å². The van der Waals surface area contributed by atoms with Crippen LogP contribution in [-0.4, -0.2) is 54.5 Å². The summed E-state index contributed by atoms with van der Waals surface area (Å²) < 4.78 is 7.29. The second-order valence-electron chi connectivity index (χ2n) is 6.28. The third-order valence-corrected chi connectivity index (χ3v) is 4.56. The van der Waals surface area contributed by atoms with Gasteiger partial charge in [0.25, 0.3) is 0 Å². The molecule has 1 aromatic heterocycles. The Bertz CT molecular complexity index is 713. The number of rotatable bonds is 5. The van der Waals surface area contributed by atoms with Gasteiger partial charge < -0.3 is 15.0 Å². The van der Waals surface area contributed by atoms with Crippen LogP contribution in [0.25, 0.3) is 5.69 Å². The van der Waals surface area contributed by atoms with Gasteiger partial charge in [-0.2, -0.15) is 5.10 Å². The molecule has 0 aliphatic carbocycles. The van der Waals surface area contributed by atoms with Gasteiger partial charge in [-0.15, -0.1) is 24.0 Å². The van der Waals surface area contributed by atoms with E-state index in [0.29, 0.717) is 12.5 Å². The van der Waals surface area contributed by atoms with E-state index >= 15 is 0 Å². The summed E-state index contributed by atoms with van der Waals surface area (Å²) in [7, 11) is 3.87. The van der Waals surface area contributed by atoms with Crippen molar-refractivity contribution in [3.05, 3.63) is 47.2 Å². The summed E-state index contributed by atoms with van der Waals surface area (Å²) in [5.74, 6) is 1.46. The van der Waals surface area contributed by atoms with Crippen LogP contribution in [0.3, 0.4) is 0 Å². The predicted molar refractivity (Wildman–Crippen MR) is 116 cm³/mol. The average Bonchev–Trinajstić information content (AvgIpc) is 3.28. The molecule has 1 atom stereocenters. The van der Waals surface area contributed by atoms with Crippen molar-refractivity contribution in [1.29, 1.82) is 0 Å². The molecule has 1 saturated heterocycles. The minimum Gasteiger partial charge on any atom is -0.381 e. The number of hydrogen-bond donors (Lipinski definition) is 1. The van der Waals surface area contributed by atoms with Gasteiger partial charge in [0.15, 0.2) is 5.96 Å². The summed E-state index contributed by atoms with van der Waals surface area (Å²) in [6, 6.07) is 7.62. The van der Waals surface area contributed by atoms with Gasteiger partial charge in [0.1, 0.15) is 0 Å². The summed E-state index contributed by atoms with van der Waals surface area (Å²) >= 11 is 5.93. The SMILES string of the molecule is CN=C(NCc1cnn(-c2ccc(Cl)cc2)c1)N(C)CC1CCOC1.I.